The van der Waals surface area contributed by atoms with Gasteiger partial charge in [0, 0.05) is 22.3 Å². The van der Waals surface area contributed by atoms with Crippen LogP contribution >= 0.6 is 11.3 Å². The monoisotopic (exact) mass is 359 g/mol. The molecule has 3 rings (SSSR count). The second-order valence-electron chi connectivity index (χ2n) is 5.48. The van der Waals surface area contributed by atoms with E-state index in [2.05, 4.69) is 15.0 Å². The number of hydrogen-bond acceptors (Lipinski definition) is 5. The maximum absolute atomic E-state index is 11.2. The van der Waals surface area contributed by atoms with Crippen LogP contribution in [0.3, 0.4) is 0 Å². The molecule has 0 aliphatic carbocycles. The highest BCUT2D eigenvalue weighted by Crippen LogP contribution is 2.28. The molecule has 5 nitrogen and oxygen atoms in total. The molecule has 0 bridgehead atoms. The highest BCUT2D eigenvalue weighted by molar-refractivity contribution is 7.92. The number of aromatic nitrogens is 1. The van der Waals surface area contributed by atoms with E-state index in [1.54, 1.807) is 12.1 Å². The van der Waals surface area contributed by atoms with Crippen LogP contribution in [0.25, 0.3) is 11.3 Å². The molecule has 1 heterocycles. The summed E-state index contributed by atoms with van der Waals surface area (Å²) in [6.45, 7) is 2.05. The SMILES string of the molecule is Cc1ccc(Nc2nc(-c3ccc(NS(C)(=O)=O)cc3)cs2)cc1. The molecule has 2 N–H and O–H groups in total. The summed E-state index contributed by atoms with van der Waals surface area (Å²) in [6, 6.07) is 15.3. The summed E-state index contributed by atoms with van der Waals surface area (Å²) in [7, 11) is -3.26. The minimum Gasteiger partial charge on any atom is -0.332 e. The molecule has 0 aliphatic heterocycles. The lowest BCUT2D eigenvalue weighted by Gasteiger charge is -2.04. The molecule has 0 radical (unpaired) electrons. The molecule has 7 heteroatoms. The smallest absolute Gasteiger partial charge is 0.229 e. The maximum atomic E-state index is 11.2. The predicted octanol–water partition coefficient (Wildman–Crippen LogP) is 4.23. The highest BCUT2D eigenvalue weighted by Gasteiger charge is 2.06. The molecule has 3 aromatic rings. The lowest BCUT2D eigenvalue weighted by Crippen LogP contribution is -2.09. The van der Waals surface area contributed by atoms with Crippen LogP contribution < -0.4 is 10.0 Å². The summed E-state index contributed by atoms with van der Waals surface area (Å²) in [6.07, 6.45) is 1.13. The van der Waals surface area contributed by atoms with Gasteiger partial charge in [0.15, 0.2) is 5.13 Å². The van der Waals surface area contributed by atoms with Gasteiger partial charge in [0.25, 0.3) is 0 Å². The zero-order chi connectivity index (χ0) is 17.2. The Labute approximate surface area is 145 Å². The van der Waals surface area contributed by atoms with Crippen molar-refractivity contribution in [1.29, 1.82) is 0 Å². The van der Waals surface area contributed by atoms with E-state index in [-0.39, 0.29) is 0 Å². The van der Waals surface area contributed by atoms with Crippen LogP contribution in [0.15, 0.2) is 53.9 Å². The number of nitrogens with zero attached hydrogens (tertiary/aromatic N) is 1. The Morgan fingerprint density at radius 1 is 0.958 bits per heavy atom. The summed E-state index contributed by atoms with van der Waals surface area (Å²) in [4.78, 5) is 4.57. The van der Waals surface area contributed by atoms with Gasteiger partial charge in [0.2, 0.25) is 10.0 Å². The van der Waals surface area contributed by atoms with Gasteiger partial charge in [0.05, 0.1) is 11.9 Å². The van der Waals surface area contributed by atoms with Gasteiger partial charge < -0.3 is 5.32 Å². The van der Waals surface area contributed by atoms with Crippen molar-refractivity contribution in [3.8, 4) is 11.3 Å². The Kier molecular flexibility index (Phi) is 4.55. The standard InChI is InChI=1S/C17H17N3O2S2/c1-12-3-7-14(8-4-12)18-17-19-16(11-23-17)13-5-9-15(10-6-13)20-24(2,21)22/h3-11,20H,1-2H3,(H,18,19). The summed E-state index contributed by atoms with van der Waals surface area (Å²) in [5.74, 6) is 0. The summed E-state index contributed by atoms with van der Waals surface area (Å²) in [5, 5.41) is 6.06. The Bertz CT molecular complexity index is 931. The zero-order valence-electron chi connectivity index (χ0n) is 13.3. The molecule has 2 aromatic carbocycles. The van der Waals surface area contributed by atoms with Gasteiger partial charge in [-0.3, -0.25) is 4.72 Å². The number of aryl methyl sites for hydroxylation is 1. The Morgan fingerprint density at radius 3 is 2.21 bits per heavy atom. The lowest BCUT2D eigenvalue weighted by atomic mass is 10.1. The number of sulfonamides is 1. The molecule has 0 saturated carbocycles. The zero-order valence-corrected chi connectivity index (χ0v) is 14.9. The van der Waals surface area contributed by atoms with Crippen LogP contribution in [-0.2, 0) is 10.0 Å². The molecule has 1 aromatic heterocycles. The first kappa shape index (κ1) is 16.5. The van der Waals surface area contributed by atoms with Crippen LogP contribution in [0, 0.1) is 6.92 Å². The van der Waals surface area contributed by atoms with E-state index < -0.39 is 10.0 Å². The number of rotatable bonds is 5. The van der Waals surface area contributed by atoms with Crippen LogP contribution in [0.1, 0.15) is 5.56 Å². The number of thiazole rings is 1. The van der Waals surface area contributed by atoms with Crippen molar-refractivity contribution >= 4 is 37.9 Å². The second kappa shape index (κ2) is 6.62. The average Bonchev–Trinajstić information content (AvgIpc) is 2.97. The van der Waals surface area contributed by atoms with E-state index in [1.165, 1.54) is 16.9 Å². The van der Waals surface area contributed by atoms with Crippen molar-refractivity contribution in [2.75, 3.05) is 16.3 Å². The first-order valence-electron chi connectivity index (χ1n) is 7.26. The average molecular weight is 359 g/mol. The third-order valence-electron chi connectivity index (χ3n) is 3.29. The fourth-order valence-corrected chi connectivity index (χ4v) is 3.45. The van der Waals surface area contributed by atoms with Crippen molar-refractivity contribution in [2.45, 2.75) is 6.92 Å². The Balaban J connectivity index is 1.74. The van der Waals surface area contributed by atoms with E-state index >= 15 is 0 Å². The van der Waals surface area contributed by atoms with Crippen LogP contribution in [0.2, 0.25) is 0 Å². The molecule has 0 atom stereocenters. The van der Waals surface area contributed by atoms with E-state index in [4.69, 9.17) is 0 Å². The highest BCUT2D eigenvalue weighted by atomic mass is 32.2. The van der Waals surface area contributed by atoms with E-state index in [1.807, 2.05) is 48.7 Å². The number of benzene rings is 2. The van der Waals surface area contributed by atoms with E-state index in [0.29, 0.717) is 5.69 Å². The van der Waals surface area contributed by atoms with Crippen molar-refractivity contribution in [2.24, 2.45) is 0 Å². The molecular weight excluding hydrogens is 342 g/mol. The fraction of sp³-hybridized carbons (Fsp3) is 0.118. The van der Waals surface area contributed by atoms with Crippen molar-refractivity contribution in [1.82, 2.24) is 4.98 Å². The van der Waals surface area contributed by atoms with Crippen molar-refractivity contribution in [3.63, 3.8) is 0 Å². The van der Waals surface area contributed by atoms with Crippen LogP contribution in [-0.4, -0.2) is 19.7 Å². The topological polar surface area (TPSA) is 71.1 Å². The minimum atomic E-state index is -3.26. The Morgan fingerprint density at radius 2 is 1.58 bits per heavy atom. The van der Waals surface area contributed by atoms with Gasteiger partial charge in [-0.1, -0.05) is 29.8 Å². The fourth-order valence-electron chi connectivity index (χ4n) is 2.15. The van der Waals surface area contributed by atoms with Gasteiger partial charge in [-0.05, 0) is 31.2 Å². The van der Waals surface area contributed by atoms with Gasteiger partial charge in [-0.25, -0.2) is 13.4 Å². The van der Waals surface area contributed by atoms with E-state index in [0.717, 1.165) is 28.3 Å². The van der Waals surface area contributed by atoms with Crippen molar-refractivity contribution < 1.29 is 8.42 Å². The minimum absolute atomic E-state index is 0.537. The first-order valence-corrected chi connectivity index (χ1v) is 10.0. The number of hydrogen-bond donors (Lipinski definition) is 2. The maximum Gasteiger partial charge on any atom is 0.229 e. The summed E-state index contributed by atoms with van der Waals surface area (Å²) >= 11 is 1.52. The van der Waals surface area contributed by atoms with Crippen molar-refractivity contribution in [3.05, 3.63) is 59.5 Å². The quantitative estimate of drug-likeness (QED) is 0.715. The molecule has 0 aliphatic rings. The van der Waals surface area contributed by atoms with Gasteiger partial charge in [0.1, 0.15) is 0 Å². The van der Waals surface area contributed by atoms with Gasteiger partial charge in [-0.2, -0.15) is 0 Å². The molecule has 0 fully saturated rings. The number of anilines is 3. The second-order valence-corrected chi connectivity index (χ2v) is 8.09. The normalized spacial score (nSPS) is 11.2. The predicted molar refractivity (Wildman–Crippen MR) is 100 cm³/mol. The lowest BCUT2D eigenvalue weighted by molar-refractivity contribution is 0.607. The van der Waals surface area contributed by atoms with Crippen LogP contribution in [0.5, 0.6) is 0 Å². The summed E-state index contributed by atoms with van der Waals surface area (Å²) < 4.78 is 24.9. The molecule has 24 heavy (non-hydrogen) atoms. The van der Waals surface area contributed by atoms with Gasteiger partial charge >= 0.3 is 0 Å². The van der Waals surface area contributed by atoms with E-state index in [9.17, 15) is 8.42 Å². The Hall–Kier alpha value is -2.38. The molecule has 0 spiro atoms. The molecule has 124 valence electrons. The molecule has 0 unspecified atom stereocenters. The molecule has 0 amide bonds. The molecule has 0 saturated heterocycles. The van der Waals surface area contributed by atoms with Gasteiger partial charge in [-0.15, -0.1) is 11.3 Å². The largest absolute Gasteiger partial charge is 0.332 e. The third-order valence-corrected chi connectivity index (χ3v) is 4.66. The third kappa shape index (κ3) is 4.33. The summed E-state index contributed by atoms with van der Waals surface area (Å²) in [5.41, 5.74) is 4.52. The first-order chi connectivity index (χ1) is 11.4. The number of nitrogens with one attached hydrogen (secondary N) is 2. The molecular formula is C17H17N3O2S2. The van der Waals surface area contributed by atoms with Crippen LogP contribution in [0.4, 0.5) is 16.5 Å².